The van der Waals surface area contributed by atoms with E-state index < -0.39 is 29.4 Å². The molecule has 4 rings (SSSR count). The van der Waals surface area contributed by atoms with Crippen molar-refractivity contribution in [3.63, 3.8) is 0 Å². The van der Waals surface area contributed by atoms with Crippen LogP contribution in [0.3, 0.4) is 0 Å². The van der Waals surface area contributed by atoms with E-state index in [2.05, 4.69) is 6.92 Å². The number of allylic oxidation sites excluding steroid dienone is 1. The maximum Gasteiger partial charge on any atom is 0.306 e. The molecule has 0 radical (unpaired) electrons. The van der Waals surface area contributed by atoms with Gasteiger partial charge < -0.3 is 9.84 Å². The van der Waals surface area contributed by atoms with Gasteiger partial charge in [0, 0.05) is 30.6 Å². The zero-order valence-electron chi connectivity index (χ0n) is 19.6. The van der Waals surface area contributed by atoms with Crippen LogP contribution in [-0.4, -0.2) is 40.6 Å². The summed E-state index contributed by atoms with van der Waals surface area (Å²) in [6, 6.07) is 0. The average Bonchev–Trinajstić information content (AvgIpc) is 3.02. The van der Waals surface area contributed by atoms with E-state index in [1.165, 1.54) is 0 Å². The minimum Gasteiger partial charge on any atom is -0.458 e. The number of ether oxygens (including phenoxy) is 1. The zero-order valence-corrected chi connectivity index (χ0v) is 19.6. The largest absolute Gasteiger partial charge is 0.458 e. The van der Waals surface area contributed by atoms with E-state index in [1.54, 1.807) is 6.08 Å². The van der Waals surface area contributed by atoms with Crippen molar-refractivity contribution in [3.8, 4) is 0 Å². The summed E-state index contributed by atoms with van der Waals surface area (Å²) in [7, 11) is 0. The predicted octanol–water partition coefficient (Wildman–Crippen LogP) is 3.73. The van der Waals surface area contributed by atoms with Crippen molar-refractivity contribution >= 4 is 23.3 Å². The topological polar surface area (TPSA) is 97.7 Å². The summed E-state index contributed by atoms with van der Waals surface area (Å²) in [5, 5.41) is 11.6. The Hall–Kier alpha value is -1.82. The maximum absolute atomic E-state index is 13.6. The highest BCUT2D eigenvalue weighted by atomic mass is 16.5. The van der Waals surface area contributed by atoms with E-state index in [-0.39, 0.29) is 47.6 Å². The molecule has 0 amide bonds. The van der Waals surface area contributed by atoms with Crippen molar-refractivity contribution in [2.24, 2.45) is 28.6 Å². The Morgan fingerprint density at radius 3 is 2.62 bits per heavy atom. The van der Waals surface area contributed by atoms with Crippen LogP contribution >= 0.6 is 0 Å². The standard InChI is InChI=1S/C26H36O6/c1-4-5-6-22(30)32-15-21(29)26(31)12-10-19-18-8-7-16-13-17(27)9-11-24(16,2)23(18)20(28)14-25(19,26)3/h13,18-19,23,31H,4-12,14-15H2,1-3H3/t18-,19-,23+,24-,25-,26-/m0/s1. The molecule has 0 aliphatic heterocycles. The molecular weight excluding hydrogens is 408 g/mol. The molecule has 3 fully saturated rings. The quantitative estimate of drug-likeness (QED) is 0.627. The summed E-state index contributed by atoms with van der Waals surface area (Å²) < 4.78 is 5.17. The molecule has 32 heavy (non-hydrogen) atoms. The highest BCUT2D eigenvalue weighted by Gasteiger charge is 2.68. The van der Waals surface area contributed by atoms with Crippen LogP contribution in [0, 0.1) is 28.6 Å². The fourth-order valence-electron chi connectivity index (χ4n) is 7.50. The van der Waals surface area contributed by atoms with E-state index in [9.17, 15) is 24.3 Å². The Labute approximate surface area is 190 Å². The van der Waals surface area contributed by atoms with Gasteiger partial charge in [-0.15, -0.1) is 0 Å². The van der Waals surface area contributed by atoms with Crippen LogP contribution in [0.1, 0.15) is 85.0 Å². The van der Waals surface area contributed by atoms with Gasteiger partial charge in [0.05, 0.1) is 0 Å². The van der Waals surface area contributed by atoms with Gasteiger partial charge in [0.1, 0.15) is 11.4 Å². The molecule has 4 aliphatic rings. The third-order valence-corrected chi connectivity index (χ3v) is 9.37. The maximum atomic E-state index is 13.6. The third-order valence-electron chi connectivity index (χ3n) is 9.37. The summed E-state index contributed by atoms with van der Waals surface area (Å²) in [4.78, 5) is 50.6. The Balaban J connectivity index is 1.56. The first-order valence-corrected chi connectivity index (χ1v) is 12.2. The first kappa shape index (κ1) is 23.3. The van der Waals surface area contributed by atoms with Crippen LogP contribution in [0.15, 0.2) is 11.6 Å². The summed E-state index contributed by atoms with van der Waals surface area (Å²) in [5.41, 5.74) is -1.69. The lowest BCUT2D eigenvalue weighted by Gasteiger charge is -2.57. The fourth-order valence-corrected chi connectivity index (χ4v) is 7.50. The molecule has 0 saturated heterocycles. The van der Waals surface area contributed by atoms with Crippen LogP contribution in [-0.2, 0) is 23.9 Å². The molecule has 0 unspecified atom stereocenters. The predicted molar refractivity (Wildman–Crippen MR) is 118 cm³/mol. The molecule has 1 N–H and O–H groups in total. The Morgan fingerprint density at radius 1 is 1.16 bits per heavy atom. The van der Waals surface area contributed by atoms with Crippen LogP contribution in [0.4, 0.5) is 0 Å². The Morgan fingerprint density at radius 2 is 1.91 bits per heavy atom. The van der Waals surface area contributed by atoms with Gasteiger partial charge in [-0.1, -0.05) is 32.8 Å². The van der Waals surface area contributed by atoms with Crippen LogP contribution < -0.4 is 0 Å². The summed E-state index contributed by atoms with van der Waals surface area (Å²) in [6.45, 7) is 5.55. The summed E-state index contributed by atoms with van der Waals surface area (Å²) in [5.74, 6) is -0.642. The molecule has 3 saturated carbocycles. The smallest absolute Gasteiger partial charge is 0.306 e. The van der Waals surface area contributed by atoms with E-state index in [0.29, 0.717) is 32.1 Å². The molecule has 176 valence electrons. The molecule has 4 aliphatic carbocycles. The molecule has 0 aromatic carbocycles. The number of hydrogen-bond acceptors (Lipinski definition) is 6. The second-order valence-electron chi connectivity index (χ2n) is 11.0. The van der Waals surface area contributed by atoms with Crippen molar-refractivity contribution in [1.82, 2.24) is 0 Å². The minimum atomic E-state index is -1.65. The van der Waals surface area contributed by atoms with Crippen molar-refractivity contribution in [3.05, 3.63) is 11.6 Å². The molecule has 0 aromatic heterocycles. The van der Waals surface area contributed by atoms with Gasteiger partial charge >= 0.3 is 5.97 Å². The van der Waals surface area contributed by atoms with E-state index in [1.807, 2.05) is 13.8 Å². The lowest BCUT2D eigenvalue weighted by atomic mass is 9.46. The van der Waals surface area contributed by atoms with Crippen LogP contribution in [0.5, 0.6) is 0 Å². The van der Waals surface area contributed by atoms with Crippen molar-refractivity contribution in [2.75, 3.05) is 6.61 Å². The number of hydrogen-bond donors (Lipinski definition) is 1. The SMILES string of the molecule is CCCCC(=O)OCC(=O)[C@@]1(O)CC[C@H]2[C@@H]3CCC4=CC(=O)CC[C@]4(C)[C@H]3C(=O)C[C@@]21C. The number of fused-ring (bicyclic) bond motifs is 5. The normalized spacial score (nSPS) is 40.8. The summed E-state index contributed by atoms with van der Waals surface area (Å²) in [6.07, 6.45) is 7.52. The lowest BCUT2D eigenvalue weighted by molar-refractivity contribution is -0.173. The van der Waals surface area contributed by atoms with E-state index in [4.69, 9.17) is 4.74 Å². The third kappa shape index (κ3) is 3.41. The highest BCUT2D eigenvalue weighted by Crippen LogP contribution is 2.66. The highest BCUT2D eigenvalue weighted by molar-refractivity contribution is 5.95. The van der Waals surface area contributed by atoms with Gasteiger partial charge in [0.2, 0.25) is 5.78 Å². The molecule has 0 bridgehead atoms. The Bertz CT molecular complexity index is 874. The number of aliphatic hydroxyl groups is 1. The van der Waals surface area contributed by atoms with E-state index in [0.717, 1.165) is 24.8 Å². The number of carbonyl (C=O) groups excluding carboxylic acids is 4. The molecule has 6 heteroatoms. The average molecular weight is 445 g/mol. The molecular formula is C26H36O6. The number of carbonyl (C=O) groups is 4. The van der Waals surface area contributed by atoms with Crippen molar-refractivity contribution in [2.45, 2.75) is 90.6 Å². The van der Waals surface area contributed by atoms with Crippen LogP contribution in [0.25, 0.3) is 0 Å². The van der Waals surface area contributed by atoms with Gasteiger partial charge in [-0.05, 0) is 61.9 Å². The second-order valence-corrected chi connectivity index (χ2v) is 11.0. The lowest BCUT2D eigenvalue weighted by Crippen LogP contribution is -2.61. The molecule has 6 nitrogen and oxygen atoms in total. The van der Waals surface area contributed by atoms with Gasteiger partial charge in [0.25, 0.3) is 0 Å². The number of unbranched alkanes of at least 4 members (excludes halogenated alkanes) is 1. The minimum absolute atomic E-state index is 0.0611. The Kier molecular flexibility index (Phi) is 5.98. The van der Waals surface area contributed by atoms with Crippen molar-refractivity contribution < 1.29 is 29.0 Å². The number of Topliss-reactive ketones (excluding diaryl/α,β-unsaturated/α-hetero) is 2. The number of ketones is 3. The van der Waals surface area contributed by atoms with Gasteiger partial charge in [0.15, 0.2) is 12.4 Å². The molecule has 0 spiro atoms. The number of rotatable bonds is 6. The number of esters is 1. The monoisotopic (exact) mass is 444 g/mol. The van der Waals surface area contributed by atoms with Crippen LogP contribution in [0.2, 0.25) is 0 Å². The first-order chi connectivity index (χ1) is 15.1. The van der Waals surface area contributed by atoms with Gasteiger partial charge in [-0.25, -0.2) is 0 Å². The zero-order chi connectivity index (χ0) is 23.3. The van der Waals surface area contributed by atoms with Gasteiger partial charge in [-0.3, -0.25) is 19.2 Å². The van der Waals surface area contributed by atoms with Gasteiger partial charge in [-0.2, -0.15) is 0 Å². The summed E-state index contributed by atoms with van der Waals surface area (Å²) >= 11 is 0. The fraction of sp³-hybridized carbons (Fsp3) is 0.769. The van der Waals surface area contributed by atoms with Crippen molar-refractivity contribution in [1.29, 1.82) is 0 Å². The molecule has 0 aromatic rings. The molecule has 6 atom stereocenters. The second kappa shape index (κ2) is 8.19. The first-order valence-electron chi connectivity index (χ1n) is 12.2. The molecule has 0 heterocycles. The van der Waals surface area contributed by atoms with E-state index >= 15 is 0 Å².